The summed E-state index contributed by atoms with van der Waals surface area (Å²) in [6, 6.07) is 7.57. The predicted octanol–water partition coefficient (Wildman–Crippen LogP) is 3.43. The maximum absolute atomic E-state index is 12.1. The van der Waals surface area contributed by atoms with Crippen molar-refractivity contribution in [1.82, 2.24) is 14.9 Å². The molecule has 6 nitrogen and oxygen atoms in total. The molecule has 1 aromatic carbocycles. The third kappa shape index (κ3) is 9.44. The topological polar surface area (TPSA) is 73.8 Å². The Labute approximate surface area is 197 Å². The smallest absolute Gasteiger partial charge is 0.216 e. The largest absolute Gasteiger partial charge is 0.357 e. The minimum absolute atomic E-state index is 0. The molecule has 0 atom stereocenters. The molecule has 9 heteroatoms. The van der Waals surface area contributed by atoms with E-state index in [2.05, 4.69) is 35.7 Å². The highest BCUT2D eigenvalue weighted by Gasteiger charge is 2.28. The van der Waals surface area contributed by atoms with E-state index >= 15 is 0 Å². The van der Waals surface area contributed by atoms with Gasteiger partial charge in [0.25, 0.3) is 0 Å². The minimum Gasteiger partial charge on any atom is -0.357 e. The second kappa shape index (κ2) is 11.8. The van der Waals surface area contributed by atoms with Gasteiger partial charge in [0, 0.05) is 36.2 Å². The van der Waals surface area contributed by atoms with Crippen LogP contribution in [0.25, 0.3) is 0 Å². The van der Waals surface area contributed by atoms with E-state index in [9.17, 15) is 8.42 Å². The highest BCUT2D eigenvalue weighted by atomic mass is 127. The molecule has 1 aliphatic rings. The maximum Gasteiger partial charge on any atom is 0.216 e. The summed E-state index contributed by atoms with van der Waals surface area (Å²) in [5.41, 5.74) is 1.85. The summed E-state index contributed by atoms with van der Waals surface area (Å²) in [6.45, 7) is 13.7. The summed E-state index contributed by atoms with van der Waals surface area (Å²) in [4.78, 5) is 7.14. The van der Waals surface area contributed by atoms with Crippen LogP contribution >= 0.6 is 35.7 Å². The molecular weight excluding hydrogens is 519 g/mol. The molecule has 1 aliphatic heterocycles. The van der Waals surface area contributed by atoms with Crippen molar-refractivity contribution in [3.05, 3.63) is 35.4 Å². The number of thioether (sulfide) groups is 1. The van der Waals surface area contributed by atoms with Crippen LogP contribution < -0.4 is 10.0 Å². The number of rotatable bonds is 7. The molecule has 1 heterocycles. The lowest BCUT2D eigenvalue weighted by molar-refractivity contribution is 0.376. The molecule has 1 saturated heterocycles. The van der Waals surface area contributed by atoms with E-state index in [4.69, 9.17) is 4.99 Å². The van der Waals surface area contributed by atoms with E-state index < -0.39 is 10.0 Å². The van der Waals surface area contributed by atoms with Crippen LogP contribution in [0.1, 0.15) is 45.7 Å². The zero-order chi connectivity index (χ0) is 20.8. The number of aliphatic imine (C=N–C) groups is 1. The van der Waals surface area contributed by atoms with Crippen LogP contribution in [0.5, 0.6) is 0 Å². The monoisotopic (exact) mass is 554 g/mol. The number of hydrogen-bond acceptors (Lipinski definition) is 4. The second-order valence-corrected chi connectivity index (χ2v) is 11.6. The molecule has 0 aromatic heterocycles. The van der Waals surface area contributed by atoms with Crippen molar-refractivity contribution in [3.63, 3.8) is 0 Å². The number of benzene rings is 1. The molecule has 0 spiro atoms. The Hall–Kier alpha value is -0.520. The quantitative estimate of drug-likeness (QED) is 0.307. The van der Waals surface area contributed by atoms with Crippen LogP contribution in [0, 0.1) is 0 Å². The van der Waals surface area contributed by atoms with Gasteiger partial charge in [-0.2, -0.15) is 11.8 Å². The van der Waals surface area contributed by atoms with E-state index in [1.165, 1.54) is 0 Å². The average molecular weight is 555 g/mol. The van der Waals surface area contributed by atoms with Crippen LogP contribution in [0.15, 0.2) is 29.3 Å². The molecule has 0 saturated carbocycles. The molecule has 1 aromatic rings. The molecule has 0 radical (unpaired) electrons. The van der Waals surface area contributed by atoms with E-state index in [1.54, 1.807) is 0 Å². The standard InChI is InChI=1S/C20H34N4O2S2.HI/c1-6-21-19(24-11-12-27-20(4,5)15-24)22-13-17-7-9-18(10-8-17)14-28(25,26)23-16(2)3;/h7-10,16,23H,6,11-15H2,1-5H3,(H,21,22);1H. The Bertz CT molecular complexity index is 765. The molecule has 0 aliphatic carbocycles. The molecule has 0 bridgehead atoms. The Morgan fingerprint density at radius 3 is 2.41 bits per heavy atom. The van der Waals surface area contributed by atoms with Crippen molar-refractivity contribution < 1.29 is 8.42 Å². The third-order valence-electron chi connectivity index (χ3n) is 4.27. The number of hydrogen-bond donors (Lipinski definition) is 2. The van der Waals surface area contributed by atoms with E-state index in [1.807, 2.05) is 49.9 Å². The van der Waals surface area contributed by atoms with Gasteiger partial charge in [0.05, 0.1) is 12.3 Å². The van der Waals surface area contributed by atoms with E-state index in [-0.39, 0.29) is 40.5 Å². The van der Waals surface area contributed by atoms with Crippen LogP contribution in [-0.4, -0.2) is 55.5 Å². The molecule has 2 N–H and O–H groups in total. The predicted molar refractivity (Wildman–Crippen MR) is 136 cm³/mol. The molecule has 1 fully saturated rings. The van der Waals surface area contributed by atoms with Gasteiger partial charge in [-0.15, -0.1) is 24.0 Å². The van der Waals surface area contributed by atoms with E-state index in [0.29, 0.717) is 6.54 Å². The number of nitrogens with zero attached hydrogens (tertiary/aromatic N) is 2. The van der Waals surface area contributed by atoms with Gasteiger partial charge in [-0.3, -0.25) is 0 Å². The first-order chi connectivity index (χ1) is 13.1. The van der Waals surface area contributed by atoms with Crippen LogP contribution in [-0.2, 0) is 22.3 Å². The van der Waals surface area contributed by atoms with Gasteiger partial charge in [-0.05, 0) is 45.7 Å². The molecular formula is C20H35IN4O2S2. The average Bonchev–Trinajstić information content (AvgIpc) is 2.57. The lowest BCUT2D eigenvalue weighted by Gasteiger charge is -2.39. The Morgan fingerprint density at radius 1 is 1.24 bits per heavy atom. The number of nitrogens with one attached hydrogen (secondary N) is 2. The van der Waals surface area contributed by atoms with Crippen molar-refractivity contribution in [3.8, 4) is 0 Å². The van der Waals surface area contributed by atoms with Gasteiger partial charge in [0.15, 0.2) is 5.96 Å². The van der Waals surface area contributed by atoms with Crippen LogP contribution in [0.2, 0.25) is 0 Å². The highest BCUT2D eigenvalue weighted by Crippen LogP contribution is 2.29. The van der Waals surface area contributed by atoms with Gasteiger partial charge in [0.2, 0.25) is 10.0 Å². The fourth-order valence-corrected chi connectivity index (χ4v) is 5.69. The maximum atomic E-state index is 12.1. The second-order valence-electron chi connectivity index (χ2n) is 8.05. The lowest BCUT2D eigenvalue weighted by Crippen LogP contribution is -2.50. The zero-order valence-corrected chi connectivity index (χ0v) is 22.0. The van der Waals surface area contributed by atoms with Gasteiger partial charge in [-0.25, -0.2) is 18.1 Å². The summed E-state index contributed by atoms with van der Waals surface area (Å²) >= 11 is 2.00. The molecule has 166 valence electrons. The Kier molecular flexibility index (Phi) is 10.8. The normalized spacial score (nSPS) is 17.2. The molecule has 0 amide bonds. The summed E-state index contributed by atoms with van der Waals surface area (Å²) < 4.78 is 27.0. The van der Waals surface area contributed by atoms with Gasteiger partial charge in [-0.1, -0.05) is 24.3 Å². The lowest BCUT2D eigenvalue weighted by atomic mass is 10.1. The fraction of sp³-hybridized carbons (Fsp3) is 0.650. The van der Waals surface area contributed by atoms with Crippen LogP contribution in [0.4, 0.5) is 0 Å². The molecule has 29 heavy (non-hydrogen) atoms. The summed E-state index contributed by atoms with van der Waals surface area (Å²) in [5, 5.41) is 3.40. The van der Waals surface area contributed by atoms with Gasteiger partial charge in [0.1, 0.15) is 0 Å². The van der Waals surface area contributed by atoms with Crippen LogP contribution in [0.3, 0.4) is 0 Å². The van der Waals surface area contributed by atoms with Gasteiger partial charge >= 0.3 is 0 Å². The summed E-state index contributed by atoms with van der Waals surface area (Å²) in [5.74, 6) is 2.05. The SMILES string of the molecule is CCNC(=NCc1ccc(CS(=O)(=O)NC(C)C)cc1)N1CCSC(C)(C)C1.I. The minimum atomic E-state index is -3.30. The third-order valence-corrected chi connectivity index (χ3v) is 7.11. The Morgan fingerprint density at radius 2 is 1.86 bits per heavy atom. The van der Waals surface area contributed by atoms with Gasteiger partial charge < -0.3 is 10.2 Å². The van der Waals surface area contributed by atoms with Crippen molar-refractivity contribution >= 4 is 51.7 Å². The first kappa shape index (κ1) is 26.5. The molecule has 2 rings (SSSR count). The van der Waals surface area contributed by atoms with Crippen molar-refractivity contribution in [2.75, 3.05) is 25.4 Å². The molecule has 0 unspecified atom stereocenters. The number of guanidine groups is 1. The first-order valence-corrected chi connectivity index (χ1v) is 12.5. The first-order valence-electron chi connectivity index (χ1n) is 9.85. The van der Waals surface area contributed by atoms with E-state index in [0.717, 1.165) is 42.5 Å². The fourth-order valence-electron chi connectivity index (χ4n) is 3.15. The highest BCUT2D eigenvalue weighted by molar-refractivity contribution is 14.0. The summed E-state index contributed by atoms with van der Waals surface area (Å²) in [6.07, 6.45) is 0. The van der Waals surface area contributed by atoms with Crippen molar-refractivity contribution in [2.24, 2.45) is 4.99 Å². The number of halogens is 1. The van der Waals surface area contributed by atoms with Crippen molar-refractivity contribution in [1.29, 1.82) is 0 Å². The zero-order valence-electron chi connectivity index (χ0n) is 18.1. The summed E-state index contributed by atoms with van der Waals surface area (Å²) in [7, 11) is -3.30. The number of sulfonamides is 1. The Balaban J connectivity index is 0.00000420. The van der Waals surface area contributed by atoms with Crippen molar-refractivity contribution in [2.45, 2.75) is 57.7 Å².